The molecule has 0 saturated carbocycles. The lowest BCUT2D eigenvalue weighted by atomic mass is 10.2. The fourth-order valence-corrected chi connectivity index (χ4v) is 2.58. The normalized spacial score (nSPS) is 16.4. The van der Waals surface area contributed by atoms with E-state index in [1.807, 2.05) is 0 Å². The second-order valence-electron chi connectivity index (χ2n) is 6.63. The first-order valence-electron chi connectivity index (χ1n) is 9.71. The number of nitrogens with zero attached hydrogens (tertiary/aromatic N) is 1. The Bertz CT molecular complexity index is 359. The molecule has 0 unspecified atom stereocenters. The van der Waals surface area contributed by atoms with Crippen molar-refractivity contribution in [1.82, 2.24) is 10.2 Å². The Morgan fingerprint density at radius 3 is 2.36 bits per heavy atom. The van der Waals surface area contributed by atoms with E-state index in [9.17, 15) is 9.59 Å². The zero-order valence-electron chi connectivity index (χ0n) is 16.8. The summed E-state index contributed by atoms with van der Waals surface area (Å²) in [7, 11) is 1.66. The Balaban J connectivity index is 0.00000101. The van der Waals surface area contributed by atoms with Crippen molar-refractivity contribution in [2.45, 2.75) is 84.8 Å². The zero-order chi connectivity index (χ0) is 19.1. The summed E-state index contributed by atoms with van der Waals surface area (Å²) in [6.07, 6.45) is 6.86. The van der Waals surface area contributed by atoms with Crippen molar-refractivity contribution in [3.63, 3.8) is 0 Å². The second-order valence-corrected chi connectivity index (χ2v) is 6.63. The highest BCUT2D eigenvalue weighted by Gasteiger charge is 2.35. The Kier molecular flexibility index (Phi) is 14.2. The summed E-state index contributed by atoms with van der Waals surface area (Å²) in [5.41, 5.74) is 0. The van der Waals surface area contributed by atoms with Gasteiger partial charge in [-0.2, -0.15) is 0 Å². The molecular formula is C19H38N2O4. The molecule has 1 aliphatic heterocycles. The van der Waals surface area contributed by atoms with Gasteiger partial charge in [0.2, 0.25) is 5.91 Å². The molecule has 2 amide bonds. The van der Waals surface area contributed by atoms with E-state index >= 15 is 0 Å². The predicted octanol–water partition coefficient (Wildman–Crippen LogP) is 3.74. The number of nitrogens with one attached hydrogen (secondary N) is 1. The Morgan fingerprint density at radius 1 is 1.16 bits per heavy atom. The van der Waals surface area contributed by atoms with Crippen LogP contribution < -0.4 is 5.32 Å². The fraction of sp³-hybridized carbons (Fsp3) is 0.895. The minimum absolute atomic E-state index is 0.0828. The molecule has 0 aromatic carbocycles. The predicted molar refractivity (Wildman–Crippen MR) is 101 cm³/mol. The van der Waals surface area contributed by atoms with E-state index < -0.39 is 6.09 Å². The first-order chi connectivity index (χ1) is 12.0. The van der Waals surface area contributed by atoms with Crippen LogP contribution >= 0.6 is 0 Å². The van der Waals surface area contributed by atoms with Crippen molar-refractivity contribution in [1.29, 1.82) is 0 Å². The monoisotopic (exact) mass is 358 g/mol. The topological polar surface area (TPSA) is 67.9 Å². The van der Waals surface area contributed by atoms with Crippen molar-refractivity contribution >= 4 is 12.0 Å². The maximum Gasteiger partial charge on any atom is 0.410 e. The minimum atomic E-state index is -0.392. The van der Waals surface area contributed by atoms with E-state index in [0.29, 0.717) is 26.1 Å². The molecule has 1 N–H and O–H groups in total. The molecule has 0 spiro atoms. The Hall–Kier alpha value is -1.30. The zero-order valence-corrected chi connectivity index (χ0v) is 16.8. The molecule has 0 bridgehead atoms. The van der Waals surface area contributed by atoms with Gasteiger partial charge in [-0.1, -0.05) is 33.1 Å². The highest BCUT2D eigenvalue weighted by Crippen LogP contribution is 2.19. The van der Waals surface area contributed by atoms with Crippen molar-refractivity contribution < 1.29 is 19.1 Å². The van der Waals surface area contributed by atoms with Crippen LogP contribution in [0.25, 0.3) is 0 Å². The van der Waals surface area contributed by atoms with Crippen LogP contribution in [0.3, 0.4) is 0 Å². The van der Waals surface area contributed by atoms with E-state index in [4.69, 9.17) is 9.47 Å². The molecule has 148 valence electrons. The van der Waals surface area contributed by atoms with Crippen LogP contribution in [-0.4, -0.2) is 55.9 Å². The van der Waals surface area contributed by atoms with E-state index in [1.54, 1.807) is 21.0 Å². The van der Waals surface area contributed by atoms with Crippen LogP contribution in [0.15, 0.2) is 0 Å². The van der Waals surface area contributed by atoms with Gasteiger partial charge in [0, 0.05) is 26.8 Å². The van der Waals surface area contributed by atoms with Gasteiger partial charge >= 0.3 is 6.09 Å². The van der Waals surface area contributed by atoms with Crippen LogP contribution in [0.2, 0.25) is 0 Å². The van der Waals surface area contributed by atoms with Gasteiger partial charge in [-0.25, -0.2) is 4.79 Å². The summed E-state index contributed by atoms with van der Waals surface area (Å²) in [5, 5.41) is 2.88. The Labute approximate surface area is 153 Å². The van der Waals surface area contributed by atoms with E-state index in [-0.39, 0.29) is 18.1 Å². The average molecular weight is 359 g/mol. The van der Waals surface area contributed by atoms with Crippen molar-refractivity contribution in [3.8, 4) is 0 Å². The minimum Gasteiger partial charge on any atom is -0.447 e. The molecule has 0 aromatic heterocycles. The number of amides is 2. The average Bonchev–Trinajstić information content (AvgIpc) is 3.05. The number of unbranched alkanes of at least 4 members (excludes halogenated alkanes) is 3. The maximum absolute atomic E-state index is 12.1. The third-order valence-corrected chi connectivity index (χ3v) is 3.91. The highest BCUT2D eigenvalue weighted by molar-refractivity contribution is 5.86. The molecule has 0 aliphatic carbocycles. The molecular weight excluding hydrogens is 320 g/mol. The van der Waals surface area contributed by atoms with Gasteiger partial charge in [-0.3, -0.25) is 9.69 Å². The molecule has 25 heavy (non-hydrogen) atoms. The van der Waals surface area contributed by atoms with Crippen LogP contribution in [0, 0.1) is 0 Å². The summed E-state index contributed by atoms with van der Waals surface area (Å²) in [5.74, 6) is -0.0828. The smallest absolute Gasteiger partial charge is 0.410 e. The molecule has 0 aromatic rings. The van der Waals surface area contributed by atoms with Gasteiger partial charge in [0.05, 0.1) is 6.10 Å². The number of hydrogen-bond donors (Lipinski definition) is 1. The summed E-state index contributed by atoms with van der Waals surface area (Å²) < 4.78 is 10.1. The van der Waals surface area contributed by atoms with Crippen molar-refractivity contribution in [3.05, 3.63) is 0 Å². The van der Waals surface area contributed by atoms with E-state index in [2.05, 4.69) is 19.2 Å². The molecule has 1 fully saturated rings. The second kappa shape index (κ2) is 15.0. The molecule has 6 heteroatoms. The number of hydrogen-bond acceptors (Lipinski definition) is 4. The molecule has 1 heterocycles. The third-order valence-electron chi connectivity index (χ3n) is 3.91. The first kappa shape index (κ1) is 23.7. The fourth-order valence-electron chi connectivity index (χ4n) is 2.58. The van der Waals surface area contributed by atoms with Crippen molar-refractivity contribution in [2.24, 2.45) is 0 Å². The quantitative estimate of drug-likeness (QED) is 0.638. The van der Waals surface area contributed by atoms with Crippen LogP contribution in [0.1, 0.15) is 72.6 Å². The highest BCUT2D eigenvalue weighted by atomic mass is 16.6. The van der Waals surface area contributed by atoms with Crippen molar-refractivity contribution in [2.75, 3.05) is 26.8 Å². The number of carbonyl (C=O) groups excluding carboxylic acids is 2. The van der Waals surface area contributed by atoms with Crippen LogP contribution in [0.5, 0.6) is 0 Å². The lowest BCUT2D eigenvalue weighted by Crippen LogP contribution is -2.46. The maximum atomic E-state index is 12.1. The SMILES string of the molecule is CCCCC.COCCCCNC(=O)[C@@H]1CCCN1C(=O)OC(C)C. The lowest BCUT2D eigenvalue weighted by molar-refractivity contribution is -0.125. The van der Waals surface area contributed by atoms with Crippen LogP contribution in [0.4, 0.5) is 4.79 Å². The summed E-state index contributed by atoms with van der Waals surface area (Å²) in [4.78, 5) is 25.5. The number of likely N-dealkylation sites (tertiary alicyclic amines) is 1. The van der Waals surface area contributed by atoms with Gasteiger partial charge in [0.1, 0.15) is 6.04 Å². The number of carbonyl (C=O) groups is 2. The number of methoxy groups -OCH3 is 1. The lowest BCUT2D eigenvalue weighted by Gasteiger charge is -2.24. The van der Waals surface area contributed by atoms with Gasteiger partial charge < -0.3 is 14.8 Å². The molecule has 1 saturated heterocycles. The summed E-state index contributed by atoms with van der Waals surface area (Å²) in [6, 6.07) is -0.385. The van der Waals surface area contributed by atoms with E-state index in [0.717, 1.165) is 19.3 Å². The molecule has 6 nitrogen and oxygen atoms in total. The molecule has 1 rings (SSSR count). The number of rotatable bonds is 9. The van der Waals surface area contributed by atoms with E-state index in [1.165, 1.54) is 24.2 Å². The van der Waals surface area contributed by atoms with Gasteiger partial charge in [0.25, 0.3) is 0 Å². The number of ether oxygens (including phenoxy) is 2. The van der Waals surface area contributed by atoms with Gasteiger partial charge in [0.15, 0.2) is 0 Å². The van der Waals surface area contributed by atoms with Gasteiger partial charge in [-0.05, 0) is 39.5 Å². The largest absolute Gasteiger partial charge is 0.447 e. The molecule has 1 aliphatic rings. The summed E-state index contributed by atoms with van der Waals surface area (Å²) >= 11 is 0. The summed E-state index contributed by atoms with van der Waals surface area (Å²) in [6.45, 7) is 9.94. The Morgan fingerprint density at radius 2 is 1.84 bits per heavy atom. The van der Waals surface area contributed by atoms with Gasteiger partial charge in [-0.15, -0.1) is 0 Å². The molecule has 1 atom stereocenters. The first-order valence-corrected chi connectivity index (χ1v) is 9.71. The standard InChI is InChI=1S/C14H26N2O4.C5H12/c1-11(2)20-14(18)16-9-6-7-12(16)13(17)15-8-4-5-10-19-3;1-3-5-4-2/h11-12H,4-10H2,1-3H3,(H,15,17);3-5H2,1-2H3/t12-;/m0./s1. The third kappa shape index (κ3) is 11.0. The van der Waals surface area contributed by atoms with Crippen LogP contribution in [-0.2, 0) is 14.3 Å². The molecule has 0 radical (unpaired) electrons.